The molecule has 1 aromatic heterocycles. The fraction of sp³-hybridized carbons (Fsp3) is 0.190. The minimum absolute atomic E-state index is 0. The Morgan fingerprint density at radius 1 is 1.16 bits per heavy atom. The average Bonchev–Trinajstić information content (AvgIpc) is 3.26. The van der Waals surface area contributed by atoms with Crippen molar-refractivity contribution in [1.29, 1.82) is 0 Å². The molecule has 1 amide bonds. The van der Waals surface area contributed by atoms with Crippen LogP contribution in [0.3, 0.4) is 0 Å². The van der Waals surface area contributed by atoms with Gasteiger partial charge >= 0.3 is 0 Å². The first kappa shape index (κ1) is 25.5. The van der Waals surface area contributed by atoms with E-state index in [0.717, 1.165) is 23.4 Å². The van der Waals surface area contributed by atoms with E-state index in [2.05, 4.69) is 17.1 Å². The summed E-state index contributed by atoms with van der Waals surface area (Å²) in [4.78, 5) is 14.9. The number of halogens is 2. The van der Waals surface area contributed by atoms with Crippen LogP contribution in [0.2, 0.25) is 0 Å². The van der Waals surface area contributed by atoms with Crippen molar-refractivity contribution < 1.29 is 17.6 Å². The molecule has 0 fully saturated rings. The number of primary sulfonamides is 1. The lowest BCUT2D eigenvalue weighted by Crippen LogP contribution is -2.29. The summed E-state index contributed by atoms with van der Waals surface area (Å²) in [5.74, 6) is -0.204. The molecule has 4 rings (SSSR count). The molecule has 2 heterocycles. The number of anilines is 3. The molecule has 3 aromatic rings. The Bertz CT molecular complexity index is 1210. The van der Waals surface area contributed by atoms with E-state index in [1.807, 2.05) is 18.2 Å². The second-order valence-electron chi connectivity index (χ2n) is 7.37. The van der Waals surface area contributed by atoms with Gasteiger partial charge in [0.15, 0.2) is 5.76 Å². The van der Waals surface area contributed by atoms with Gasteiger partial charge in [-0.2, -0.15) is 0 Å². The zero-order valence-electron chi connectivity index (χ0n) is 17.1. The van der Waals surface area contributed by atoms with Crippen molar-refractivity contribution in [2.24, 2.45) is 5.14 Å². The first-order valence-corrected chi connectivity index (χ1v) is 10.9. The summed E-state index contributed by atoms with van der Waals surface area (Å²) in [6.07, 6.45) is 2.37. The highest BCUT2D eigenvalue weighted by Gasteiger charge is 2.28. The number of nitrogens with zero attached hydrogens (tertiary/aromatic N) is 1. The molecule has 32 heavy (non-hydrogen) atoms. The third-order valence-corrected chi connectivity index (χ3v) is 6.12. The minimum Gasteiger partial charge on any atom is -0.459 e. The van der Waals surface area contributed by atoms with Crippen molar-refractivity contribution in [3.05, 3.63) is 71.7 Å². The van der Waals surface area contributed by atoms with Gasteiger partial charge in [0.25, 0.3) is 5.91 Å². The van der Waals surface area contributed by atoms with Crippen LogP contribution in [-0.2, 0) is 23.0 Å². The topological polar surface area (TPSA) is 132 Å². The summed E-state index contributed by atoms with van der Waals surface area (Å²) >= 11 is 0. The molecule has 0 bridgehead atoms. The smallest absolute Gasteiger partial charge is 0.291 e. The summed E-state index contributed by atoms with van der Waals surface area (Å²) in [5.41, 5.74) is 10.1. The predicted molar refractivity (Wildman–Crippen MR) is 129 cm³/mol. The highest BCUT2D eigenvalue weighted by atomic mass is 35.5. The van der Waals surface area contributed by atoms with Gasteiger partial charge < -0.3 is 20.4 Å². The molecule has 11 heteroatoms. The number of hydrogen-bond acceptors (Lipinski definition) is 6. The van der Waals surface area contributed by atoms with Gasteiger partial charge in [0.1, 0.15) is 0 Å². The Balaban J connectivity index is 0.00000181. The SMILES string of the molecule is CC1Cc2cc(N)ccc2N1Cc1ccoc1C(=O)Nc1ccc(S(N)(=O)=O)cc1.Cl.Cl. The summed E-state index contributed by atoms with van der Waals surface area (Å²) in [6, 6.07) is 13.5. The first-order valence-electron chi connectivity index (χ1n) is 9.38. The van der Waals surface area contributed by atoms with Crippen molar-refractivity contribution in [3.63, 3.8) is 0 Å². The fourth-order valence-corrected chi connectivity index (χ4v) is 4.23. The molecule has 0 spiro atoms. The quantitative estimate of drug-likeness (QED) is 0.460. The molecule has 0 saturated heterocycles. The second-order valence-corrected chi connectivity index (χ2v) is 8.93. The van der Waals surface area contributed by atoms with Gasteiger partial charge in [-0.3, -0.25) is 4.79 Å². The predicted octanol–water partition coefficient (Wildman–Crippen LogP) is 3.56. The van der Waals surface area contributed by atoms with Crippen LogP contribution in [-0.4, -0.2) is 20.4 Å². The first-order chi connectivity index (χ1) is 14.2. The van der Waals surface area contributed by atoms with Crippen molar-refractivity contribution in [3.8, 4) is 0 Å². The highest BCUT2D eigenvalue weighted by Crippen LogP contribution is 2.35. The van der Waals surface area contributed by atoms with E-state index in [4.69, 9.17) is 15.3 Å². The minimum atomic E-state index is -3.79. The number of carbonyl (C=O) groups excluding carboxylic acids is 1. The third kappa shape index (κ3) is 5.18. The monoisotopic (exact) mass is 498 g/mol. The number of nitrogens with one attached hydrogen (secondary N) is 1. The van der Waals surface area contributed by atoms with E-state index in [0.29, 0.717) is 12.2 Å². The molecule has 0 saturated carbocycles. The lowest BCUT2D eigenvalue weighted by atomic mass is 10.1. The van der Waals surface area contributed by atoms with Crippen LogP contribution in [0.1, 0.15) is 28.6 Å². The van der Waals surface area contributed by atoms with Crippen LogP contribution in [0.25, 0.3) is 0 Å². The van der Waals surface area contributed by atoms with E-state index in [1.54, 1.807) is 6.07 Å². The number of sulfonamides is 1. The third-order valence-electron chi connectivity index (χ3n) is 5.19. The maximum atomic E-state index is 12.7. The maximum absolute atomic E-state index is 12.7. The fourth-order valence-electron chi connectivity index (χ4n) is 3.71. The molecule has 172 valence electrons. The van der Waals surface area contributed by atoms with Crippen LogP contribution in [0.5, 0.6) is 0 Å². The summed E-state index contributed by atoms with van der Waals surface area (Å²) < 4.78 is 28.2. The number of carbonyl (C=O) groups is 1. The summed E-state index contributed by atoms with van der Waals surface area (Å²) in [6.45, 7) is 2.64. The van der Waals surface area contributed by atoms with Crippen LogP contribution in [0.15, 0.2) is 64.1 Å². The molecule has 1 aliphatic heterocycles. The molecule has 1 aliphatic rings. The molecular formula is C21H24Cl2N4O4S. The molecule has 1 atom stereocenters. The number of nitrogen functional groups attached to an aromatic ring is 1. The number of nitrogens with two attached hydrogens (primary N) is 2. The Labute approximate surface area is 198 Å². The van der Waals surface area contributed by atoms with Crippen LogP contribution < -0.4 is 21.1 Å². The molecule has 0 radical (unpaired) electrons. The Morgan fingerprint density at radius 3 is 2.50 bits per heavy atom. The van der Waals surface area contributed by atoms with E-state index in [-0.39, 0.29) is 41.5 Å². The summed E-state index contributed by atoms with van der Waals surface area (Å²) in [7, 11) is -3.79. The van der Waals surface area contributed by atoms with Crippen LogP contribution in [0.4, 0.5) is 17.1 Å². The van der Waals surface area contributed by atoms with E-state index >= 15 is 0 Å². The van der Waals surface area contributed by atoms with Crippen molar-refractivity contribution in [2.75, 3.05) is 16.0 Å². The zero-order chi connectivity index (χ0) is 21.5. The van der Waals surface area contributed by atoms with Gasteiger partial charge in [-0.25, -0.2) is 13.6 Å². The highest BCUT2D eigenvalue weighted by molar-refractivity contribution is 7.89. The van der Waals surface area contributed by atoms with E-state index in [1.165, 1.54) is 36.1 Å². The number of fused-ring (bicyclic) bond motifs is 1. The normalized spacial score (nSPS) is 14.8. The van der Waals surface area contributed by atoms with E-state index in [9.17, 15) is 13.2 Å². The number of benzene rings is 2. The van der Waals surface area contributed by atoms with Crippen molar-refractivity contribution in [1.82, 2.24) is 0 Å². The Kier molecular flexibility index (Phi) is 7.84. The van der Waals surface area contributed by atoms with Gasteiger partial charge in [-0.05, 0) is 67.4 Å². The van der Waals surface area contributed by atoms with Crippen LogP contribution >= 0.6 is 24.8 Å². The van der Waals surface area contributed by atoms with Gasteiger partial charge in [-0.1, -0.05) is 0 Å². The Hall–Kier alpha value is -2.72. The number of hydrogen-bond donors (Lipinski definition) is 3. The lowest BCUT2D eigenvalue weighted by molar-refractivity contribution is 0.0995. The number of furan rings is 1. The van der Waals surface area contributed by atoms with Gasteiger partial charge in [0.05, 0.1) is 11.2 Å². The second kappa shape index (κ2) is 9.83. The molecule has 5 N–H and O–H groups in total. The zero-order valence-corrected chi connectivity index (χ0v) is 19.6. The molecule has 0 aliphatic carbocycles. The van der Waals surface area contributed by atoms with Gasteiger partial charge in [-0.15, -0.1) is 24.8 Å². The number of rotatable bonds is 5. The molecular weight excluding hydrogens is 475 g/mol. The standard InChI is InChI=1S/C21H22N4O4S.2ClH/c1-13-10-15-11-16(22)2-7-19(15)25(13)12-14-8-9-29-20(14)21(26)24-17-3-5-18(6-4-17)30(23,27)28;;/h2-9,11,13H,10,12,22H2,1H3,(H,24,26)(H2,23,27,28);2*1H. The molecule has 8 nitrogen and oxygen atoms in total. The van der Waals surface area contributed by atoms with Crippen LogP contribution in [0, 0.1) is 0 Å². The maximum Gasteiger partial charge on any atom is 0.291 e. The largest absolute Gasteiger partial charge is 0.459 e. The lowest BCUT2D eigenvalue weighted by Gasteiger charge is -2.24. The summed E-state index contributed by atoms with van der Waals surface area (Å²) in [5, 5.41) is 7.82. The number of amides is 1. The van der Waals surface area contributed by atoms with Crippen molar-refractivity contribution in [2.45, 2.75) is 30.8 Å². The van der Waals surface area contributed by atoms with Gasteiger partial charge in [0, 0.05) is 35.2 Å². The van der Waals surface area contributed by atoms with E-state index < -0.39 is 15.9 Å². The Morgan fingerprint density at radius 2 is 1.84 bits per heavy atom. The average molecular weight is 499 g/mol. The molecule has 2 aromatic carbocycles. The van der Waals surface area contributed by atoms with Gasteiger partial charge in [0.2, 0.25) is 10.0 Å². The van der Waals surface area contributed by atoms with Crippen molar-refractivity contribution >= 4 is 57.8 Å². The molecule has 1 unspecified atom stereocenters.